The van der Waals surface area contributed by atoms with Crippen LogP contribution in [0.2, 0.25) is 0 Å². The van der Waals surface area contributed by atoms with Crippen molar-refractivity contribution in [3.8, 4) is 0 Å². The van der Waals surface area contributed by atoms with Crippen LogP contribution in [0.25, 0.3) is 0 Å². The second-order valence-corrected chi connectivity index (χ2v) is 4.85. The van der Waals surface area contributed by atoms with Crippen molar-refractivity contribution >= 4 is 0 Å². The van der Waals surface area contributed by atoms with Crippen molar-refractivity contribution in [2.45, 2.75) is 32.2 Å². The van der Waals surface area contributed by atoms with Crippen LogP contribution < -0.4 is 11.3 Å². The number of hydrazine groups is 1. The van der Waals surface area contributed by atoms with Crippen LogP contribution in [0.5, 0.6) is 0 Å². The molecule has 1 aliphatic rings. The molecule has 1 saturated carbocycles. The maximum absolute atomic E-state index is 5.61. The molecule has 0 bridgehead atoms. The lowest BCUT2D eigenvalue weighted by Gasteiger charge is -2.12. The Kier molecular flexibility index (Phi) is 3.42. The summed E-state index contributed by atoms with van der Waals surface area (Å²) in [4.78, 5) is 0. The molecule has 86 valence electrons. The minimum Gasteiger partial charge on any atom is -0.271 e. The summed E-state index contributed by atoms with van der Waals surface area (Å²) >= 11 is 0. The molecule has 0 spiro atoms. The fourth-order valence-electron chi connectivity index (χ4n) is 2.35. The number of hydrogen-bond donors (Lipinski definition) is 2. The topological polar surface area (TPSA) is 38.0 Å². The Labute approximate surface area is 97.5 Å². The number of benzene rings is 1. The van der Waals surface area contributed by atoms with E-state index in [1.807, 2.05) is 0 Å². The number of hydrogen-bond acceptors (Lipinski definition) is 2. The SMILES string of the molecule is CC(C)=CC(NN)C1CC1c1ccccc1. The molecule has 2 heteroatoms. The van der Waals surface area contributed by atoms with Gasteiger partial charge in [-0.25, -0.2) is 0 Å². The molecule has 0 aromatic heterocycles. The summed E-state index contributed by atoms with van der Waals surface area (Å²) in [6.45, 7) is 4.23. The smallest absolute Gasteiger partial charge is 0.0427 e. The Morgan fingerprint density at radius 3 is 2.62 bits per heavy atom. The van der Waals surface area contributed by atoms with Gasteiger partial charge in [0.1, 0.15) is 0 Å². The van der Waals surface area contributed by atoms with Crippen molar-refractivity contribution in [2.24, 2.45) is 11.8 Å². The predicted molar refractivity (Wildman–Crippen MR) is 67.8 cm³/mol. The Morgan fingerprint density at radius 2 is 2.06 bits per heavy atom. The van der Waals surface area contributed by atoms with Crippen LogP contribution in [-0.2, 0) is 0 Å². The van der Waals surface area contributed by atoms with E-state index in [4.69, 9.17) is 5.84 Å². The van der Waals surface area contributed by atoms with Gasteiger partial charge in [-0.3, -0.25) is 11.3 Å². The molecule has 1 fully saturated rings. The average Bonchev–Trinajstić information content (AvgIpc) is 3.07. The monoisotopic (exact) mass is 216 g/mol. The van der Waals surface area contributed by atoms with Gasteiger partial charge in [0.15, 0.2) is 0 Å². The van der Waals surface area contributed by atoms with Gasteiger partial charge >= 0.3 is 0 Å². The van der Waals surface area contributed by atoms with E-state index in [2.05, 4.69) is 55.7 Å². The van der Waals surface area contributed by atoms with Crippen LogP contribution in [0.4, 0.5) is 0 Å². The maximum Gasteiger partial charge on any atom is 0.0427 e. The van der Waals surface area contributed by atoms with E-state index in [1.165, 1.54) is 17.6 Å². The highest BCUT2D eigenvalue weighted by molar-refractivity contribution is 5.28. The van der Waals surface area contributed by atoms with Gasteiger partial charge in [0.05, 0.1) is 0 Å². The Bertz CT molecular complexity index is 366. The molecule has 1 aromatic rings. The molecule has 3 unspecified atom stereocenters. The lowest BCUT2D eigenvalue weighted by molar-refractivity contribution is 0.546. The van der Waals surface area contributed by atoms with E-state index >= 15 is 0 Å². The summed E-state index contributed by atoms with van der Waals surface area (Å²) in [6.07, 6.45) is 3.47. The van der Waals surface area contributed by atoms with Gasteiger partial charge in [-0.2, -0.15) is 0 Å². The molecular weight excluding hydrogens is 196 g/mol. The minimum atomic E-state index is 0.315. The summed E-state index contributed by atoms with van der Waals surface area (Å²) in [5, 5.41) is 0. The Morgan fingerprint density at radius 1 is 1.38 bits per heavy atom. The second-order valence-electron chi connectivity index (χ2n) is 4.85. The van der Waals surface area contributed by atoms with E-state index in [9.17, 15) is 0 Å². The Balaban J connectivity index is 2.03. The molecule has 2 nitrogen and oxygen atoms in total. The molecule has 2 rings (SSSR count). The molecule has 0 heterocycles. The van der Waals surface area contributed by atoms with Gasteiger partial charge in [0.2, 0.25) is 0 Å². The highest BCUT2D eigenvalue weighted by Crippen LogP contribution is 2.49. The third kappa shape index (κ3) is 2.52. The lowest BCUT2D eigenvalue weighted by Crippen LogP contribution is -2.35. The van der Waals surface area contributed by atoms with E-state index in [0.29, 0.717) is 17.9 Å². The predicted octanol–water partition coefficient (Wildman–Crippen LogP) is 2.59. The highest BCUT2D eigenvalue weighted by atomic mass is 15.2. The first kappa shape index (κ1) is 11.4. The summed E-state index contributed by atoms with van der Waals surface area (Å²) in [6, 6.07) is 11.0. The molecule has 0 amide bonds. The van der Waals surface area contributed by atoms with Gasteiger partial charge in [0.25, 0.3) is 0 Å². The second kappa shape index (κ2) is 4.81. The van der Waals surface area contributed by atoms with Crippen LogP contribution in [0.3, 0.4) is 0 Å². The van der Waals surface area contributed by atoms with Crippen molar-refractivity contribution in [3.63, 3.8) is 0 Å². The van der Waals surface area contributed by atoms with Gasteiger partial charge in [-0.1, -0.05) is 42.0 Å². The van der Waals surface area contributed by atoms with Crippen molar-refractivity contribution in [3.05, 3.63) is 47.5 Å². The fourth-order valence-corrected chi connectivity index (χ4v) is 2.35. The third-order valence-corrected chi connectivity index (χ3v) is 3.23. The van der Waals surface area contributed by atoms with Gasteiger partial charge in [-0.15, -0.1) is 0 Å². The van der Waals surface area contributed by atoms with Crippen LogP contribution in [0.15, 0.2) is 42.0 Å². The first-order valence-corrected chi connectivity index (χ1v) is 5.88. The summed E-state index contributed by atoms with van der Waals surface area (Å²) in [7, 11) is 0. The normalized spacial score (nSPS) is 24.9. The summed E-state index contributed by atoms with van der Waals surface area (Å²) in [5.41, 5.74) is 5.68. The molecule has 0 saturated heterocycles. The molecule has 3 atom stereocenters. The highest BCUT2D eigenvalue weighted by Gasteiger charge is 2.42. The van der Waals surface area contributed by atoms with Crippen LogP contribution >= 0.6 is 0 Å². The van der Waals surface area contributed by atoms with Crippen molar-refractivity contribution < 1.29 is 0 Å². The summed E-state index contributed by atoms with van der Waals surface area (Å²) in [5.74, 6) is 6.94. The van der Waals surface area contributed by atoms with Gasteiger partial charge in [0, 0.05) is 6.04 Å². The molecule has 3 N–H and O–H groups in total. The zero-order valence-corrected chi connectivity index (χ0v) is 9.98. The molecule has 1 aliphatic carbocycles. The van der Waals surface area contributed by atoms with E-state index in [0.717, 1.165) is 0 Å². The van der Waals surface area contributed by atoms with Crippen molar-refractivity contribution in [1.82, 2.24) is 5.43 Å². The standard InChI is InChI=1S/C14H20N2/c1-10(2)8-14(16-15)13-9-12(13)11-6-4-3-5-7-11/h3-8,12-14,16H,9,15H2,1-2H3. The summed E-state index contributed by atoms with van der Waals surface area (Å²) < 4.78 is 0. The maximum atomic E-state index is 5.61. The molecule has 0 radical (unpaired) electrons. The van der Waals surface area contributed by atoms with Gasteiger partial charge < -0.3 is 0 Å². The molecular formula is C14H20N2. The zero-order chi connectivity index (χ0) is 11.5. The lowest BCUT2D eigenvalue weighted by atomic mass is 10.0. The first-order chi connectivity index (χ1) is 7.72. The van der Waals surface area contributed by atoms with Gasteiger partial charge in [-0.05, 0) is 37.7 Å². The molecule has 16 heavy (non-hydrogen) atoms. The number of nitrogens with two attached hydrogens (primary N) is 1. The fraction of sp³-hybridized carbons (Fsp3) is 0.429. The first-order valence-electron chi connectivity index (χ1n) is 5.88. The van der Waals surface area contributed by atoms with Crippen LogP contribution in [-0.4, -0.2) is 6.04 Å². The third-order valence-electron chi connectivity index (χ3n) is 3.23. The van der Waals surface area contributed by atoms with Crippen LogP contribution in [0.1, 0.15) is 31.7 Å². The van der Waals surface area contributed by atoms with E-state index in [-0.39, 0.29) is 0 Å². The zero-order valence-electron chi connectivity index (χ0n) is 9.98. The molecule has 0 aliphatic heterocycles. The van der Waals surface area contributed by atoms with E-state index in [1.54, 1.807) is 0 Å². The number of nitrogens with one attached hydrogen (secondary N) is 1. The minimum absolute atomic E-state index is 0.315. The Hall–Kier alpha value is -1.12. The largest absolute Gasteiger partial charge is 0.271 e. The average molecular weight is 216 g/mol. The quantitative estimate of drug-likeness (QED) is 0.461. The molecule has 1 aromatic carbocycles. The van der Waals surface area contributed by atoms with Crippen LogP contribution in [0, 0.1) is 5.92 Å². The number of rotatable bonds is 4. The van der Waals surface area contributed by atoms with Crippen molar-refractivity contribution in [1.29, 1.82) is 0 Å². The number of allylic oxidation sites excluding steroid dienone is 1. The van der Waals surface area contributed by atoms with E-state index < -0.39 is 0 Å². The van der Waals surface area contributed by atoms with Crippen molar-refractivity contribution in [2.75, 3.05) is 0 Å².